The number of piperazine rings is 1. The first-order chi connectivity index (χ1) is 5.65. The molecule has 3 heteroatoms. The summed E-state index contributed by atoms with van der Waals surface area (Å²) in [5.41, 5.74) is 0. The van der Waals surface area contributed by atoms with Crippen LogP contribution in [-0.4, -0.2) is 36.0 Å². The van der Waals surface area contributed by atoms with Crippen molar-refractivity contribution in [3.8, 4) is 0 Å². The number of amides is 1. The summed E-state index contributed by atoms with van der Waals surface area (Å²) in [5, 5.41) is 3.35. The Balaban J connectivity index is 2.54. The first kappa shape index (κ1) is 9.52. The molecule has 2 atom stereocenters. The van der Waals surface area contributed by atoms with Crippen LogP contribution in [0.2, 0.25) is 0 Å². The molecule has 1 rings (SSSR count). The molecule has 0 unspecified atom stereocenters. The van der Waals surface area contributed by atoms with Gasteiger partial charge in [0.2, 0.25) is 5.91 Å². The summed E-state index contributed by atoms with van der Waals surface area (Å²) in [4.78, 5) is 13.4. The minimum atomic E-state index is 0.274. The Hall–Kier alpha value is -0.570. The maximum atomic E-state index is 11.4. The molecule has 1 amide bonds. The van der Waals surface area contributed by atoms with Crippen molar-refractivity contribution in [1.82, 2.24) is 10.2 Å². The van der Waals surface area contributed by atoms with Gasteiger partial charge in [0.15, 0.2) is 0 Å². The average Bonchev–Trinajstić information content (AvgIpc) is 2.08. The molecule has 0 aromatic heterocycles. The number of hydrogen-bond donors (Lipinski definition) is 1. The largest absolute Gasteiger partial charge is 0.337 e. The summed E-state index contributed by atoms with van der Waals surface area (Å²) in [6, 6.07) is 0.797. The van der Waals surface area contributed by atoms with Gasteiger partial charge in [0.05, 0.1) is 0 Å². The van der Waals surface area contributed by atoms with Crippen LogP contribution in [0.5, 0.6) is 0 Å². The van der Waals surface area contributed by atoms with Crippen molar-refractivity contribution in [3.05, 3.63) is 0 Å². The zero-order chi connectivity index (χ0) is 9.14. The van der Waals surface area contributed by atoms with Gasteiger partial charge in [-0.25, -0.2) is 0 Å². The summed E-state index contributed by atoms with van der Waals surface area (Å²) in [7, 11) is 0. The number of carbonyl (C=O) groups excluding carboxylic acids is 1. The van der Waals surface area contributed by atoms with Gasteiger partial charge in [-0.2, -0.15) is 0 Å². The minimum absolute atomic E-state index is 0.274. The van der Waals surface area contributed by atoms with Crippen LogP contribution in [-0.2, 0) is 4.79 Å². The fraction of sp³-hybridized carbons (Fsp3) is 0.889. The molecule has 12 heavy (non-hydrogen) atoms. The van der Waals surface area contributed by atoms with Gasteiger partial charge in [0.25, 0.3) is 0 Å². The molecule has 3 nitrogen and oxygen atoms in total. The summed E-state index contributed by atoms with van der Waals surface area (Å²) in [6.07, 6.45) is 0.622. The lowest BCUT2D eigenvalue weighted by atomic mass is 10.1. The van der Waals surface area contributed by atoms with E-state index in [0.717, 1.165) is 13.1 Å². The first-order valence-corrected chi connectivity index (χ1v) is 4.68. The summed E-state index contributed by atoms with van der Waals surface area (Å²) < 4.78 is 0. The van der Waals surface area contributed by atoms with Crippen LogP contribution in [0.4, 0.5) is 0 Å². The van der Waals surface area contributed by atoms with Gasteiger partial charge in [0.1, 0.15) is 0 Å². The van der Waals surface area contributed by atoms with Crippen LogP contribution < -0.4 is 5.32 Å². The highest BCUT2D eigenvalue weighted by molar-refractivity contribution is 5.76. The van der Waals surface area contributed by atoms with E-state index in [9.17, 15) is 4.79 Å². The molecule has 1 saturated heterocycles. The molecule has 0 aliphatic carbocycles. The number of nitrogens with one attached hydrogen (secondary N) is 1. The standard InChI is InChI=1S/C9H18N2O/c1-4-9(12)11-6-7(2)10-5-8(11)3/h7-8,10H,4-6H2,1-3H3/t7-,8+/m0/s1. The smallest absolute Gasteiger partial charge is 0.222 e. The maximum absolute atomic E-state index is 11.4. The van der Waals surface area contributed by atoms with E-state index in [1.165, 1.54) is 0 Å². The lowest BCUT2D eigenvalue weighted by Crippen LogP contribution is -2.56. The monoisotopic (exact) mass is 170 g/mol. The highest BCUT2D eigenvalue weighted by Gasteiger charge is 2.24. The Labute approximate surface area is 74.1 Å². The Morgan fingerprint density at radius 2 is 2.25 bits per heavy atom. The molecule has 1 N–H and O–H groups in total. The SMILES string of the molecule is CCC(=O)N1C[C@H](C)NC[C@H]1C. The molecule has 1 heterocycles. The van der Waals surface area contributed by atoms with Gasteiger partial charge >= 0.3 is 0 Å². The highest BCUT2D eigenvalue weighted by atomic mass is 16.2. The molecule has 0 saturated carbocycles. The quantitative estimate of drug-likeness (QED) is 0.625. The molecule has 1 aliphatic heterocycles. The number of carbonyl (C=O) groups is 1. The van der Waals surface area contributed by atoms with E-state index in [4.69, 9.17) is 0 Å². The number of rotatable bonds is 1. The summed E-state index contributed by atoms with van der Waals surface area (Å²) >= 11 is 0. The van der Waals surface area contributed by atoms with Gasteiger partial charge in [-0.3, -0.25) is 4.79 Å². The highest BCUT2D eigenvalue weighted by Crippen LogP contribution is 2.07. The first-order valence-electron chi connectivity index (χ1n) is 4.68. The molecule has 1 aliphatic rings. The van der Waals surface area contributed by atoms with Gasteiger partial charge in [-0.1, -0.05) is 6.92 Å². The lowest BCUT2D eigenvalue weighted by molar-refractivity contribution is -0.134. The second-order valence-corrected chi connectivity index (χ2v) is 3.56. The van der Waals surface area contributed by atoms with Gasteiger partial charge < -0.3 is 10.2 Å². The Morgan fingerprint density at radius 1 is 1.58 bits per heavy atom. The second kappa shape index (κ2) is 3.90. The van der Waals surface area contributed by atoms with Crippen LogP contribution >= 0.6 is 0 Å². The van der Waals surface area contributed by atoms with E-state index in [1.807, 2.05) is 11.8 Å². The van der Waals surface area contributed by atoms with Crippen molar-refractivity contribution in [3.63, 3.8) is 0 Å². The topological polar surface area (TPSA) is 32.3 Å². The van der Waals surface area contributed by atoms with E-state index in [-0.39, 0.29) is 5.91 Å². The molecule has 0 radical (unpaired) electrons. The molecular weight excluding hydrogens is 152 g/mol. The fourth-order valence-electron chi connectivity index (χ4n) is 1.57. The van der Waals surface area contributed by atoms with Crippen LogP contribution in [0.25, 0.3) is 0 Å². The van der Waals surface area contributed by atoms with Gasteiger partial charge in [-0.15, -0.1) is 0 Å². The van der Waals surface area contributed by atoms with E-state index in [2.05, 4.69) is 19.2 Å². The van der Waals surface area contributed by atoms with E-state index >= 15 is 0 Å². The van der Waals surface area contributed by atoms with Crippen LogP contribution in [0, 0.1) is 0 Å². The molecule has 1 fully saturated rings. The van der Waals surface area contributed by atoms with Crippen molar-refractivity contribution in [2.24, 2.45) is 0 Å². The van der Waals surface area contributed by atoms with E-state index in [1.54, 1.807) is 0 Å². The molecule has 0 aromatic rings. The summed E-state index contributed by atoms with van der Waals surface area (Å²) in [5.74, 6) is 0.274. The Bertz CT molecular complexity index is 170. The maximum Gasteiger partial charge on any atom is 0.222 e. The molecule has 0 bridgehead atoms. The molecule has 0 aromatic carbocycles. The number of hydrogen-bond acceptors (Lipinski definition) is 2. The van der Waals surface area contributed by atoms with Gasteiger partial charge in [0, 0.05) is 31.6 Å². The predicted octanol–water partition coefficient (Wildman–Crippen LogP) is 0.605. The normalized spacial score (nSPS) is 30.4. The van der Waals surface area contributed by atoms with Crippen molar-refractivity contribution < 1.29 is 4.79 Å². The minimum Gasteiger partial charge on any atom is -0.337 e. The van der Waals surface area contributed by atoms with Gasteiger partial charge in [-0.05, 0) is 13.8 Å². The molecular formula is C9H18N2O. The summed E-state index contributed by atoms with van der Waals surface area (Å²) in [6.45, 7) is 7.90. The van der Waals surface area contributed by atoms with E-state index in [0.29, 0.717) is 18.5 Å². The van der Waals surface area contributed by atoms with E-state index < -0.39 is 0 Å². The van der Waals surface area contributed by atoms with Crippen molar-refractivity contribution in [2.45, 2.75) is 39.3 Å². The fourth-order valence-corrected chi connectivity index (χ4v) is 1.57. The lowest BCUT2D eigenvalue weighted by Gasteiger charge is -2.37. The van der Waals surface area contributed by atoms with Crippen molar-refractivity contribution in [1.29, 1.82) is 0 Å². The van der Waals surface area contributed by atoms with Crippen molar-refractivity contribution in [2.75, 3.05) is 13.1 Å². The zero-order valence-electron chi connectivity index (χ0n) is 8.13. The van der Waals surface area contributed by atoms with Crippen LogP contribution in [0.3, 0.4) is 0 Å². The Morgan fingerprint density at radius 3 is 2.83 bits per heavy atom. The third kappa shape index (κ3) is 1.97. The molecule has 0 spiro atoms. The number of nitrogens with zero attached hydrogens (tertiary/aromatic N) is 1. The zero-order valence-corrected chi connectivity index (χ0v) is 8.13. The third-order valence-electron chi connectivity index (χ3n) is 2.39. The predicted molar refractivity (Wildman–Crippen MR) is 48.9 cm³/mol. The molecule has 70 valence electrons. The Kier molecular flexibility index (Phi) is 3.09. The third-order valence-corrected chi connectivity index (χ3v) is 2.39. The van der Waals surface area contributed by atoms with Crippen molar-refractivity contribution >= 4 is 5.91 Å². The average molecular weight is 170 g/mol. The van der Waals surface area contributed by atoms with Crippen LogP contribution in [0.15, 0.2) is 0 Å². The second-order valence-electron chi connectivity index (χ2n) is 3.56. The van der Waals surface area contributed by atoms with Crippen LogP contribution in [0.1, 0.15) is 27.2 Å².